The van der Waals surface area contributed by atoms with Crippen LogP contribution in [0.4, 0.5) is 0 Å². The van der Waals surface area contributed by atoms with Crippen LogP contribution in [0.15, 0.2) is 40.8 Å². The van der Waals surface area contributed by atoms with Gasteiger partial charge in [-0.2, -0.15) is 0 Å². The highest BCUT2D eigenvalue weighted by molar-refractivity contribution is 7.12. The Morgan fingerprint density at radius 1 is 1.28 bits per heavy atom. The summed E-state index contributed by atoms with van der Waals surface area (Å²) < 4.78 is 5.97. The van der Waals surface area contributed by atoms with Crippen LogP contribution in [0.25, 0.3) is 11.5 Å². The van der Waals surface area contributed by atoms with Crippen molar-refractivity contribution in [2.45, 2.75) is 38.8 Å². The number of hydrogen-bond donors (Lipinski definition) is 0. The van der Waals surface area contributed by atoms with Crippen LogP contribution in [-0.2, 0) is 0 Å². The Labute approximate surface area is 156 Å². The second-order valence-electron chi connectivity index (χ2n) is 6.48. The van der Waals surface area contributed by atoms with E-state index in [1.807, 2.05) is 35.6 Å². The summed E-state index contributed by atoms with van der Waals surface area (Å²) in [5.74, 6) is 1.18. The van der Waals surface area contributed by atoms with Crippen LogP contribution in [0.2, 0.25) is 5.02 Å². The van der Waals surface area contributed by atoms with E-state index >= 15 is 0 Å². The summed E-state index contributed by atoms with van der Waals surface area (Å²) in [5, 5.41) is 9.19. The van der Waals surface area contributed by atoms with Gasteiger partial charge in [0.2, 0.25) is 11.8 Å². The molecule has 1 fully saturated rings. The molecule has 2 unspecified atom stereocenters. The summed E-state index contributed by atoms with van der Waals surface area (Å²) in [5.41, 5.74) is 0.852. The second-order valence-corrected chi connectivity index (χ2v) is 8.23. The first-order valence-corrected chi connectivity index (χ1v) is 9.72. The summed E-state index contributed by atoms with van der Waals surface area (Å²) in [6.45, 7) is 5.36. The summed E-state index contributed by atoms with van der Waals surface area (Å²) in [7, 11) is 0. The lowest BCUT2D eigenvalue weighted by molar-refractivity contribution is 0.170. The van der Waals surface area contributed by atoms with Gasteiger partial charge < -0.3 is 4.42 Å². The molecule has 0 saturated carbocycles. The molecule has 0 aliphatic carbocycles. The molecule has 0 N–H and O–H groups in total. The largest absolute Gasteiger partial charge is 0.419 e. The van der Waals surface area contributed by atoms with Crippen LogP contribution in [0, 0.1) is 6.92 Å². The van der Waals surface area contributed by atoms with E-state index in [0.717, 1.165) is 12.1 Å². The summed E-state index contributed by atoms with van der Waals surface area (Å²) in [4.78, 5) is 5.26. The lowest BCUT2D eigenvalue weighted by Crippen LogP contribution is -2.26. The second kappa shape index (κ2) is 6.90. The van der Waals surface area contributed by atoms with Crippen molar-refractivity contribution in [2.24, 2.45) is 0 Å². The number of halogens is 1. The maximum Gasteiger partial charge on any atom is 0.247 e. The number of thiophene rings is 1. The fraction of sp³-hybridized carbons (Fsp3) is 0.368. The average Bonchev–Trinajstić information content (AvgIpc) is 3.34. The third-order valence-corrected chi connectivity index (χ3v) is 6.09. The minimum Gasteiger partial charge on any atom is -0.419 e. The number of hydrogen-bond acceptors (Lipinski definition) is 5. The van der Waals surface area contributed by atoms with Crippen molar-refractivity contribution in [3.8, 4) is 11.5 Å². The van der Waals surface area contributed by atoms with Crippen LogP contribution in [0.5, 0.6) is 0 Å². The summed E-state index contributed by atoms with van der Waals surface area (Å²) >= 11 is 7.94. The number of likely N-dealkylation sites (tertiary alicyclic amines) is 1. The standard InChI is InChI=1S/C19H20ClN3OS/c1-12-8-9-17(25-12)16-7-4-10-23(16)13(2)18-21-22-19(24-18)14-5-3-6-15(20)11-14/h3,5-6,8-9,11,13,16H,4,7,10H2,1-2H3. The molecule has 3 aromatic rings. The number of nitrogens with zero attached hydrogens (tertiary/aromatic N) is 3. The van der Waals surface area contributed by atoms with Crippen molar-refractivity contribution in [3.05, 3.63) is 57.1 Å². The lowest BCUT2D eigenvalue weighted by atomic mass is 10.1. The minimum absolute atomic E-state index is 0.0929. The van der Waals surface area contributed by atoms with Crippen molar-refractivity contribution < 1.29 is 4.42 Å². The zero-order valence-corrected chi connectivity index (χ0v) is 15.8. The van der Waals surface area contributed by atoms with Gasteiger partial charge in [0.15, 0.2) is 0 Å². The van der Waals surface area contributed by atoms with Gasteiger partial charge in [-0.1, -0.05) is 17.7 Å². The Morgan fingerprint density at radius 3 is 2.92 bits per heavy atom. The highest BCUT2D eigenvalue weighted by Crippen LogP contribution is 2.40. The van der Waals surface area contributed by atoms with Crippen LogP contribution < -0.4 is 0 Å². The number of aromatic nitrogens is 2. The molecule has 1 aliphatic rings. The van der Waals surface area contributed by atoms with Gasteiger partial charge in [-0.05, 0) is 63.6 Å². The lowest BCUT2D eigenvalue weighted by Gasteiger charge is -2.27. The molecule has 1 aliphatic heterocycles. The maximum atomic E-state index is 6.06. The van der Waals surface area contributed by atoms with E-state index in [4.69, 9.17) is 16.0 Å². The van der Waals surface area contributed by atoms with E-state index in [2.05, 4.69) is 41.1 Å². The molecule has 0 spiro atoms. The van der Waals surface area contributed by atoms with Crippen molar-refractivity contribution in [1.29, 1.82) is 0 Å². The third-order valence-electron chi connectivity index (χ3n) is 4.75. The SMILES string of the molecule is Cc1ccc(C2CCCN2C(C)c2nnc(-c3cccc(Cl)c3)o2)s1. The topological polar surface area (TPSA) is 42.2 Å². The predicted octanol–water partition coefficient (Wildman–Crippen LogP) is 5.66. The first-order chi connectivity index (χ1) is 12.1. The summed E-state index contributed by atoms with van der Waals surface area (Å²) in [6, 6.07) is 12.5. The minimum atomic E-state index is 0.0929. The van der Waals surface area contributed by atoms with Gasteiger partial charge in [0.1, 0.15) is 0 Å². The van der Waals surface area contributed by atoms with E-state index in [1.54, 1.807) is 0 Å². The van der Waals surface area contributed by atoms with E-state index < -0.39 is 0 Å². The Kier molecular flexibility index (Phi) is 4.63. The first-order valence-electron chi connectivity index (χ1n) is 8.53. The van der Waals surface area contributed by atoms with E-state index in [1.165, 1.54) is 22.6 Å². The maximum absolute atomic E-state index is 6.06. The molecule has 3 heterocycles. The quantitative estimate of drug-likeness (QED) is 0.591. The molecule has 1 aromatic carbocycles. The van der Waals surface area contributed by atoms with Crippen LogP contribution >= 0.6 is 22.9 Å². The fourth-order valence-corrected chi connectivity index (χ4v) is 4.70. The van der Waals surface area contributed by atoms with Crippen LogP contribution in [0.3, 0.4) is 0 Å². The zero-order chi connectivity index (χ0) is 17.4. The summed E-state index contributed by atoms with van der Waals surface area (Å²) in [6.07, 6.45) is 2.38. The average molecular weight is 374 g/mol. The van der Waals surface area contributed by atoms with Crippen molar-refractivity contribution in [2.75, 3.05) is 6.54 Å². The molecular weight excluding hydrogens is 354 g/mol. The smallest absolute Gasteiger partial charge is 0.247 e. The predicted molar refractivity (Wildman–Crippen MR) is 101 cm³/mol. The third kappa shape index (κ3) is 3.36. The van der Waals surface area contributed by atoms with Gasteiger partial charge in [-0.3, -0.25) is 4.90 Å². The number of aryl methyl sites for hydroxylation is 1. The van der Waals surface area contributed by atoms with E-state index in [-0.39, 0.29) is 6.04 Å². The van der Waals surface area contributed by atoms with Crippen molar-refractivity contribution >= 4 is 22.9 Å². The Hall–Kier alpha value is -1.69. The van der Waals surface area contributed by atoms with E-state index in [0.29, 0.717) is 22.8 Å². The molecule has 2 aromatic heterocycles. The molecular formula is C19H20ClN3OS. The molecule has 4 rings (SSSR count). The van der Waals surface area contributed by atoms with Gasteiger partial charge in [0.05, 0.1) is 6.04 Å². The van der Waals surface area contributed by atoms with Gasteiger partial charge in [-0.25, -0.2) is 0 Å². The Bertz CT molecular complexity index is 875. The molecule has 0 bridgehead atoms. The molecule has 25 heavy (non-hydrogen) atoms. The Morgan fingerprint density at radius 2 is 2.16 bits per heavy atom. The molecule has 0 radical (unpaired) electrons. The van der Waals surface area contributed by atoms with Gasteiger partial charge in [0, 0.05) is 26.4 Å². The fourth-order valence-electron chi connectivity index (χ4n) is 3.47. The molecule has 0 amide bonds. The molecule has 6 heteroatoms. The molecule has 1 saturated heterocycles. The highest BCUT2D eigenvalue weighted by Gasteiger charge is 2.33. The van der Waals surface area contributed by atoms with Gasteiger partial charge in [-0.15, -0.1) is 21.5 Å². The monoisotopic (exact) mass is 373 g/mol. The number of benzene rings is 1. The zero-order valence-electron chi connectivity index (χ0n) is 14.3. The van der Waals surface area contributed by atoms with Crippen molar-refractivity contribution in [3.63, 3.8) is 0 Å². The van der Waals surface area contributed by atoms with Crippen LogP contribution in [0.1, 0.15) is 47.5 Å². The van der Waals surface area contributed by atoms with E-state index in [9.17, 15) is 0 Å². The molecule has 4 nitrogen and oxygen atoms in total. The van der Waals surface area contributed by atoms with Gasteiger partial charge >= 0.3 is 0 Å². The van der Waals surface area contributed by atoms with Crippen LogP contribution in [-0.4, -0.2) is 21.6 Å². The normalized spacial score (nSPS) is 19.4. The van der Waals surface area contributed by atoms with Crippen molar-refractivity contribution in [1.82, 2.24) is 15.1 Å². The first kappa shape index (κ1) is 16.8. The Balaban J connectivity index is 1.57. The highest BCUT2D eigenvalue weighted by atomic mass is 35.5. The molecule has 2 atom stereocenters. The molecule has 130 valence electrons. The van der Waals surface area contributed by atoms with Gasteiger partial charge in [0.25, 0.3) is 0 Å². The number of rotatable bonds is 4.